The molecule has 7 heteroatoms. The minimum Gasteiger partial charge on any atom is -0.438 e. The Kier molecular flexibility index (Phi) is 4.04. The lowest BCUT2D eigenvalue weighted by atomic mass is 10.2. The van der Waals surface area contributed by atoms with Crippen LogP contribution >= 0.6 is 11.6 Å². The maximum absolute atomic E-state index is 12.3. The summed E-state index contributed by atoms with van der Waals surface area (Å²) in [5, 5.41) is 3.33. The van der Waals surface area contributed by atoms with Crippen molar-refractivity contribution in [2.75, 3.05) is 7.05 Å². The quantitative estimate of drug-likeness (QED) is 0.746. The topological polar surface area (TPSA) is 77.2 Å². The zero-order valence-electron chi connectivity index (χ0n) is 11.7. The van der Waals surface area contributed by atoms with E-state index in [1.807, 2.05) is 0 Å². The Hall–Kier alpha value is -2.44. The normalized spacial score (nSPS) is 10.8. The number of halogens is 1. The van der Waals surface area contributed by atoms with Crippen LogP contribution in [-0.4, -0.2) is 23.0 Å². The van der Waals surface area contributed by atoms with Crippen LogP contribution in [0.1, 0.15) is 16.2 Å². The molecule has 0 aliphatic carbocycles. The number of para-hydroxylation sites is 1. The lowest BCUT2D eigenvalue weighted by molar-refractivity contribution is 0.0735. The fourth-order valence-electron chi connectivity index (χ4n) is 1.99. The van der Waals surface area contributed by atoms with Gasteiger partial charge in [0.05, 0.1) is 17.8 Å². The third-order valence-corrected chi connectivity index (χ3v) is 3.10. The first-order valence-corrected chi connectivity index (χ1v) is 6.91. The highest BCUT2D eigenvalue weighted by Gasteiger charge is 2.17. The van der Waals surface area contributed by atoms with Gasteiger partial charge in [-0.2, -0.15) is 0 Å². The molecule has 0 atom stereocenters. The number of aromatic nitrogens is 2. The number of nitrogens with zero attached hydrogens (tertiary/aromatic N) is 2. The van der Waals surface area contributed by atoms with E-state index in [1.165, 1.54) is 18.5 Å². The second-order valence-electron chi connectivity index (χ2n) is 4.52. The number of nitrogens with one attached hydrogen (secondary N) is 1. The molecule has 0 aliphatic rings. The lowest BCUT2D eigenvalue weighted by Gasteiger charge is -2.04. The molecule has 0 saturated carbocycles. The van der Waals surface area contributed by atoms with Crippen LogP contribution in [-0.2, 0) is 6.54 Å². The first kappa shape index (κ1) is 14.5. The maximum Gasteiger partial charge on any atom is 0.347 e. The standard InChI is InChI=1S/C15H12ClN3O3/c1-17-8-13-19-12-4-2-3-11(14(12)22-13)15(20)21-10-5-9(16)6-18-7-10/h2-7,17H,8H2,1H3. The van der Waals surface area contributed by atoms with Crippen molar-refractivity contribution in [3.63, 3.8) is 0 Å². The van der Waals surface area contributed by atoms with Crippen molar-refractivity contribution in [2.45, 2.75) is 6.54 Å². The molecule has 0 spiro atoms. The summed E-state index contributed by atoms with van der Waals surface area (Å²) in [6.45, 7) is 0.474. The maximum atomic E-state index is 12.3. The minimum atomic E-state index is -0.554. The van der Waals surface area contributed by atoms with E-state index in [9.17, 15) is 4.79 Å². The van der Waals surface area contributed by atoms with E-state index in [0.717, 1.165) is 0 Å². The first-order chi connectivity index (χ1) is 10.7. The molecule has 112 valence electrons. The molecule has 0 amide bonds. The number of fused-ring (bicyclic) bond motifs is 1. The lowest BCUT2D eigenvalue weighted by Crippen LogP contribution is -2.09. The molecule has 0 fully saturated rings. The van der Waals surface area contributed by atoms with Crippen molar-refractivity contribution >= 4 is 28.7 Å². The van der Waals surface area contributed by atoms with Crippen molar-refractivity contribution in [3.05, 3.63) is 53.1 Å². The number of ether oxygens (including phenoxy) is 1. The fourth-order valence-corrected chi connectivity index (χ4v) is 2.16. The second kappa shape index (κ2) is 6.13. The highest BCUT2D eigenvalue weighted by atomic mass is 35.5. The van der Waals surface area contributed by atoms with Gasteiger partial charge in [-0.05, 0) is 19.2 Å². The molecule has 0 radical (unpaired) electrons. The molecule has 0 saturated heterocycles. The summed E-state index contributed by atoms with van der Waals surface area (Å²) >= 11 is 5.82. The summed E-state index contributed by atoms with van der Waals surface area (Å²) in [4.78, 5) is 20.5. The molecule has 0 unspecified atom stereocenters. The second-order valence-corrected chi connectivity index (χ2v) is 4.96. The number of hydrogen-bond acceptors (Lipinski definition) is 6. The monoisotopic (exact) mass is 317 g/mol. The number of carbonyl (C=O) groups excluding carboxylic acids is 1. The molecular formula is C15H12ClN3O3. The predicted octanol–water partition coefficient (Wildman–Crippen LogP) is 2.81. The van der Waals surface area contributed by atoms with Gasteiger partial charge in [-0.1, -0.05) is 17.7 Å². The van der Waals surface area contributed by atoms with Gasteiger partial charge in [-0.3, -0.25) is 4.98 Å². The van der Waals surface area contributed by atoms with E-state index in [4.69, 9.17) is 20.8 Å². The molecule has 0 bridgehead atoms. The Balaban J connectivity index is 1.93. The molecule has 2 heterocycles. The highest BCUT2D eigenvalue weighted by Crippen LogP contribution is 2.22. The van der Waals surface area contributed by atoms with Crippen LogP contribution < -0.4 is 10.1 Å². The Labute approximate surface area is 131 Å². The van der Waals surface area contributed by atoms with Gasteiger partial charge < -0.3 is 14.5 Å². The summed E-state index contributed by atoms with van der Waals surface area (Å²) in [6, 6.07) is 6.63. The van der Waals surface area contributed by atoms with Gasteiger partial charge >= 0.3 is 5.97 Å². The number of oxazole rings is 1. The Morgan fingerprint density at radius 2 is 2.27 bits per heavy atom. The number of benzene rings is 1. The summed E-state index contributed by atoms with van der Waals surface area (Å²) in [6.07, 6.45) is 2.87. The van der Waals surface area contributed by atoms with Gasteiger partial charge in [-0.25, -0.2) is 9.78 Å². The first-order valence-electron chi connectivity index (χ1n) is 6.53. The number of rotatable bonds is 4. The van der Waals surface area contributed by atoms with Gasteiger partial charge in [0.1, 0.15) is 11.1 Å². The summed E-state index contributed by atoms with van der Waals surface area (Å²) in [7, 11) is 1.79. The van der Waals surface area contributed by atoms with E-state index in [-0.39, 0.29) is 5.75 Å². The van der Waals surface area contributed by atoms with Gasteiger partial charge in [0, 0.05) is 12.3 Å². The van der Waals surface area contributed by atoms with Gasteiger partial charge in [0.15, 0.2) is 11.3 Å². The van der Waals surface area contributed by atoms with Gasteiger partial charge in [0.2, 0.25) is 5.89 Å². The molecule has 1 N–H and O–H groups in total. The third kappa shape index (κ3) is 2.93. The third-order valence-electron chi connectivity index (χ3n) is 2.90. The fraction of sp³-hybridized carbons (Fsp3) is 0.133. The van der Waals surface area contributed by atoms with Crippen molar-refractivity contribution in [2.24, 2.45) is 0 Å². The largest absolute Gasteiger partial charge is 0.438 e. The van der Waals surface area contributed by atoms with Gasteiger partial charge in [-0.15, -0.1) is 0 Å². The zero-order valence-corrected chi connectivity index (χ0v) is 12.4. The molecule has 3 aromatic rings. The van der Waals surface area contributed by atoms with Crippen molar-refractivity contribution < 1.29 is 13.9 Å². The summed E-state index contributed by atoms with van der Waals surface area (Å²) in [5.41, 5.74) is 1.30. The Morgan fingerprint density at radius 1 is 1.41 bits per heavy atom. The van der Waals surface area contributed by atoms with Crippen LogP contribution in [0.25, 0.3) is 11.1 Å². The Morgan fingerprint density at radius 3 is 3.05 bits per heavy atom. The van der Waals surface area contributed by atoms with Gasteiger partial charge in [0.25, 0.3) is 0 Å². The number of carbonyl (C=O) groups is 1. The Bertz CT molecular complexity index is 832. The molecule has 6 nitrogen and oxygen atoms in total. The predicted molar refractivity (Wildman–Crippen MR) is 81.0 cm³/mol. The number of esters is 1. The van der Waals surface area contributed by atoms with Crippen molar-refractivity contribution in [1.29, 1.82) is 0 Å². The molecular weight excluding hydrogens is 306 g/mol. The molecule has 22 heavy (non-hydrogen) atoms. The SMILES string of the molecule is CNCc1nc2cccc(C(=O)Oc3cncc(Cl)c3)c2o1. The van der Waals surface area contributed by atoms with Crippen LogP contribution in [0.2, 0.25) is 5.02 Å². The zero-order chi connectivity index (χ0) is 15.5. The average molecular weight is 318 g/mol. The van der Waals surface area contributed by atoms with Crippen LogP contribution in [0.3, 0.4) is 0 Å². The summed E-state index contributed by atoms with van der Waals surface area (Å²) in [5.74, 6) is 0.216. The smallest absolute Gasteiger partial charge is 0.347 e. The van der Waals surface area contributed by atoms with E-state index in [2.05, 4.69) is 15.3 Å². The van der Waals surface area contributed by atoms with Crippen LogP contribution in [0.4, 0.5) is 0 Å². The van der Waals surface area contributed by atoms with E-state index in [0.29, 0.717) is 34.1 Å². The van der Waals surface area contributed by atoms with Crippen molar-refractivity contribution in [1.82, 2.24) is 15.3 Å². The molecule has 2 aromatic heterocycles. The van der Waals surface area contributed by atoms with Crippen LogP contribution in [0, 0.1) is 0 Å². The molecule has 1 aromatic carbocycles. The van der Waals surface area contributed by atoms with E-state index < -0.39 is 5.97 Å². The van der Waals surface area contributed by atoms with E-state index in [1.54, 1.807) is 25.2 Å². The summed E-state index contributed by atoms with van der Waals surface area (Å²) < 4.78 is 10.9. The van der Waals surface area contributed by atoms with Crippen LogP contribution in [0.15, 0.2) is 41.1 Å². The number of hydrogen-bond donors (Lipinski definition) is 1. The van der Waals surface area contributed by atoms with E-state index >= 15 is 0 Å². The molecule has 0 aliphatic heterocycles. The molecule has 3 rings (SSSR count). The number of pyridine rings is 1. The minimum absolute atomic E-state index is 0.268. The highest BCUT2D eigenvalue weighted by molar-refractivity contribution is 6.30. The van der Waals surface area contributed by atoms with Crippen LogP contribution in [0.5, 0.6) is 5.75 Å². The average Bonchev–Trinajstić information content (AvgIpc) is 2.89. The van der Waals surface area contributed by atoms with Crippen molar-refractivity contribution in [3.8, 4) is 5.75 Å².